The van der Waals surface area contributed by atoms with Crippen molar-refractivity contribution in [2.45, 2.75) is 32.0 Å². The van der Waals surface area contributed by atoms with Crippen molar-refractivity contribution in [3.8, 4) is 11.5 Å². The zero-order valence-electron chi connectivity index (χ0n) is 17.0. The highest BCUT2D eigenvalue weighted by Gasteiger charge is 2.17. The Bertz CT molecular complexity index is 1050. The summed E-state index contributed by atoms with van der Waals surface area (Å²) in [5, 5.41) is 12.3. The monoisotopic (exact) mass is 428 g/mol. The van der Waals surface area contributed by atoms with Gasteiger partial charge in [-0.3, -0.25) is 4.79 Å². The van der Waals surface area contributed by atoms with E-state index in [-0.39, 0.29) is 12.7 Å². The number of hydrogen-bond donors (Lipinski definition) is 2. The lowest BCUT2D eigenvalue weighted by atomic mass is 10.2. The molecule has 30 heavy (non-hydrogen) atoms. The van der Waals surface area contributed by atoms with E-state index in [9.17, 15) is 4.79 Å². The van der Waals surface area contributed by atoms with Gasteiger partial charge in [0.15, 0.2) is 22.3 Å². The topological polar surface area (TPSA) is 103 Å². The maximum atomic E-state index is 12.5. The largest absolute Gasteiger partial charge is 0.454 e. The molecule has 1 amide bonds. The van der Waals surface area contributed by atoms with Crippen LogP contribution in [0, 0.1) is 0 Å². The van der Waals surface area contributed by atoms with E-state index in [4.69, 9.17) is 9.47 Å². The molecule has 1 aliphatic heterocycles. The standard InChI is InChI=1S/C20H24N6O3S/c1-3-7-21-17-14-11-23-26(18(14)25-20(24-17)30-4-2)9-8-22-19(27)13-5-6-15-16(10-13)29-12-28-15/h5-6,10-11H,3-4,7-9,12H2,1-2H3,(H,22,27)(H,21,24,25). The van der Waals surface area contributed by atoms with Crippen LogP contribution in [0.2, 0.25) is 0 Å². The molecule has 3 aromatic rings. The number of nitrogens with zero attached hydrogens (tertiary/aromatic N) is 4. The number of fused-ring (bicyclic) bond motifs is 2. The maximum absolute atomic E-state index is 12.5. The highest BCUT2D eigenvalue weighted by molar-refractivity contribution is 7.99. The van der Waals surface area contributed by atoms with Crippen molar-refractivity contribution in [3.05, 3.63) is 30.0 Å². The first-order valence-electron chi connectivity index (χ1n) is 9.97. The second-order valence-corrected chi connectivity index (χ2v) is 7.87. The third-order valence-electron chi connectivity index (χ3n) is 4.54. The molecule has 158 valence electrons. The molecule has 10 heteroatoms. The van der Waals surface area contributed by atoms with Crippen LogP contribution in [0.1, 0.15) is 30.6 Å². The number of aromatic nitrogens is 4. The number of hydrogen-bond acceptors (Lipinski definition) is 8. The summed E-state index contributed by atoms with van der Waals surface area (Å²) in [5.74, 6) is 2.76. The average molecular weight is 429 g/mol. The third kappa shape index (κ3) is 4.28. The molecular weight excluding hydrogens is 404 g/mol. The highest BCUT2D eigenvalue weighted by Crippen LogP contribution is 2.32. The molecule has 0 saturated carbocycles. The fourth-order valence-electron chi connectivity index (χ4n) is 3.09. The van der Waals surface area contributed by atoms with Crippen LogP contribution >= 0.6 is 11.8 Å². The second kappa shape index (κ2) is 9.21. The van der Waals surface area contributed by atoms with Crippen molar-refractivity contribution in [2.75, 3.05) is 31.0 Å². The Hall–Kier alpha value is -3.01. The van der Waals surface area contributed by atoms with E-state index in [1.807, 2.05) is 0 Å². The Morgan fingerprint density at radius 1 is 1.20 bits per heavy atom. The van der Waals surface area contributed by atoms with E-state index in [0.717, 1.165) is 40.7 Å². The number of thioether (sulfide) groups is 1. The molecule has 0 spiro atoms. The average Bonchev–Trinajstić information content (AvgIpc) is 3.38. The predicted molar refractivity (Wildman–Crippen MR) is 115 cm³/mol. The summed E-state index contributed by atoms with van der Waals surface area (Å²) >= 11 is 1.59. The van der Waals surface area contributed by atoms with E-state index in [0.29, 0.717) is 30.2 Å². The molecule has 1 aromatic carbocycles. The minimum Gasteiger partial charge on any atom is -0.454 e. The van der Waals surface area contributed by atoms with Crippen LogP contribution in [-0.4, -0.2) is 51.3 Å². The summed E-state index contributed by atoms with van der Waals surface area (Å²) in [6.45, 7) is 6.11. The molecule has 0 saturated heterocycles. The fraction of sp³-hybridized carbons (Fsp3) is 0.400. The zero-order valence-corrected chi connectivity index (χ0v) is 17.8. The lowest BCUT2D eigenvalue weighted by molar-refractivity contribution is 0.0951. The van der Waals surface area contributed by atoms with Crippen molar-refractivity contribution < 1.29 is 14.3 Å². The van der Waals surface area contributed by atoms with Gasteiger partial charge in [-0.25, -0.2) is 14.6 Å². The second-order valence-electron chi connectivity index (χ2n) is 6.64. The number of anilines is 1. The molecule has 0 radical (unpaired) electrons. The summed E-state index contributed by atoms with van der Waals surface area (Å²) in [7, 11) is 0. The number of carbonyl (C=O) groups excluding carboxylic acids is 1. The molecule has 2 aromatic heterocycles. The molecule has 0 fully saturated rings. The van der Waals surface area contributed by atoms with Crippen molar-refractivity contribution in [1.82, 2.24) is 25.1 Å². The third-order valence-corrected chi connectivity index (χ3v) is 5.26. The summed E-state index contributed by atoms with van der Waals surface area (Å²) < 4.78 is 12.4. The molecule has 4 rings (SSSR count). The van der Waals surface area contributed by atoms with Crippen LogP contribution in [0.5, 0.6) is 11.5 Å². The number of benzene rings is 1. The minimum absolute atomic E-state index is 0.174. The van der Waals surface area contributed by atoms with Gasteiger partial charge in [0.25, 0.3) is 5.91 Å². The summed E-state index contributed by atoms with van der Waals surface area (Å²) in [5.41, 5.74) is 1.29. The van der Waals surface area contributed by atoms with E-state index in [1.54, 1.807) is 40.8 Å². The maximum Gasteiger partial charge on any atom is 0.251 e. The lowest BCUT2D eigenvalue weighted by Gasteiger charge is -2.09. The number of ether oxygens (including phenoxy) is 2. The number of rotatable bonds is 9. The molecular formula is C20H24N6O3S. The minimum atomic E-state index is -0.174. The van der Waals surface area contributed by atoms with Gasteiger partial charge in [-0.05, 0) is 30.4 Å². The molecule has 3 heterocycles. The van der Waals surface area contributed by atoms with Crippen LogP contribution in [0.25, 0.3) is 11.0 Å². The summed E-state index contributed by atoms with van der Waals surface area (Å²) in [4.78, 5) is 21.7. The Morgan fingerprint density at radius 3 is 2.90 bits per heavy atom. The highest BCUT2D eigenvalue weighted by atomic mass is 32.2. The smallest absolute Gasteiger partial charge is 0.251 e. The van der Waals surface area contributed by atoms with Gasteiger partial charge in [0, 0.05) is 18.7 Å². The van der Waals surface area contributed by atoms with E-state index >= 15 is 0 Å². The molecule has 2 N–H and O–H groups in total. The molecule has 0 bridgehead atoms. The number of nitrogens with one attached hydrogen (secondary N) is 2. The number of carbonyl (C=O) groups is 1. The van der Waals surface area contributed by atoms with Gasteiger partial charge in [0.05, 0.1) is 18.1 Å². The first-order valence-corrected chi connectivity index (χ1v) is 11.0. The lowest BCUT2D eigenvalue weighted by Crippen LogP contribution is -2.27. The zero-order chi connectivity index (χ0) is 20.9. The number of amides is 1. The Labute approximate surface area is 178 Å². The van der Waals surface area contributed by atoms with Crippen LogP contribution < -0.4 is 20.1 Å². The Balaban J connectivity index is 1.45. The van der Waals surface area contributed by atoms with Gasteiger partial charge in [0.2, 0.25) is 6.79 Å². The van der Waals surface area contributed by atoms with Gasteiger partial charge < -0.3 is 20.1 Å². The summed E-state index contributed by atoms with van der Waals surface area (Å²) in [6, 6.07) is 5.15. The van der Waals surface area contributed by atoms with E-state index < -0.39 is 0 Å². The van der Waals surface area contributed by atoms with Gasteiger partial charge in [-0.2, -0.15) is 5.10 Å². The van der Waals surface area contributed by atoms with Gasteiger partial charge in [0.1, 0.15) is 5.82 Å². The van der Waals surface area contributed by atoms with Crippen molar-refractivity contribution in [3.63, 3.8) is 0 Å². The van der Waals surface area contributed by atoms with Crippen LogP contribution in [0.4, 0.5) is 5.82 Å². The Kier molecular flexibility index (Phi) is 6.22. The van der Waals surface area contributed by atoms with E-state index in [1.165, 1.54) is 0 Å². The molecule has 9 nitrogen and oxygen atoms in total. The van der Waals surface area contributed by atoms with Crippen molar-refractivity contribution in [1.29, 1.82) is 0 Å². The summed E-state index contributed by atoms with van der Waals surface area (Å²) in [6.07, 6.45) is 2.77. The van der Waals surface area contributed by atoms with Crippen LogP contribution in [0.3, 0.4) is 0 Å². The van der Waals surface area contributed by atoms with Gasteiger partial charge >= 0.3 is 0 Å². The molecule has 0 atom stereocenters. The van der Waals surface area contributed by atoms with Gasteiger partial charge in [-0.1, -0.05) is 25.6 Å². The quantitative estimate of drug-likeness (QED) is 0.396. The van der Waals surface area contributed by atoms with Crippen molar-refractivity contribution >= 4 is 34.5 Å². The Morgan fingerprint density at radius 2 is 2.07 bits per heavy atom. The normalized spacial score (nSPS) is 12.3. The molecule has 0 unspecified atom stereocenters. The SMILES string of the molecule is CCCNc1nc(SCC)nc2c1cnn2CCNC(=O)c1ccc2c(c1)OCO2. The molecule has 1 aliphatic rings. The van der Waals surface area contributed by atoms with Crippen molar-refractivity contribution in [2.24, 2.45) is 0 Å². The first-order chi connectivity index (χ1) is 14.7. The van der Waals surface area contributed by atoms with Crippen LogP contribution in [0.15, 0.2) is 29.6 Å². The van der Waals surface area contributed by atoms with Crippen LogP contribution in [-0.2, 0) is 6.54 Å². The fourth-order valence-corrected chi connectivity index (χ4v) is 3.65. The molecule has 0 aliphatic carbocycles. The predicted octanol–water partition coefficient (Wildman–Crippen LogP) is 2.92. The van der Waals surface area contributed by atoms with E-state index in [2.05, 4.69) is 39.5 Å². The first kappa shape index (κ1) is 20.3. The van der Waals surface area contributed by atoms with Gasteiger partial charge in [-0.15, -0.1) is 0 Å².